The van der Waals surface area contributed by atoms with Gasteiger partial charge in [-0.05, 0) is 48.0 Å². The number of thiazole rings is 1. The van der Waals surface area contributed by atoms with Crippen LogP contribution in [0.1, 0.15) is 11.3 Å². The summed E-state index contributed by atoms with van der Waals surface area (Å²) in [5, 5.41) is 5.66. The number of aromatic nitrogens is 3. The SMILES string of the molecule is O=C(Cc1csc(-c2ccccn2)n1)Nc1ccc(SCc2cccnc2)cc1. The Morgan fingerprint density at radius 1 is 1.03 bits per heavy atom. The van der Waals surface area contributed by atoms with E-state index in [2.05, 4.69) is 26.3 Å². The third-order valence-electron chi connectivity index (χ3n) is 4.04. The molecule has 1 aromatic carbocycles. The quantitative estimate of drug-likeness (QED) is 0.424. The number of thioether (sulfide) groups is 1. The van der Waals surface area contributed by atoms with Crippen LogP contribution in [-0.4, -0.2) is 20.9 Å². The minimum absolute atomic E-state index is 0.0846. The lowest BCUT2D eigenvalue weighted by molar-refractivity contribution is -0.115. The Morgan fingerprint density at radius 2 is 1.93 bits per heavy atom. The van der Waals surface area contributed by atoms with Crippen molar-refractivity contribution in [3.05, 3.63) is 89.8 Å². The van der Waals surface area contributed by atoms with Crippen LogP contribution < -0.4 is 5.32 Å². The normalized spacial score (nSPS) is 10.6. The van der Waals surface area contributed by atoms with Crippen LogP contribution in [0.2, 0.25) is 0 Å². The molecule has 7 heteroatoms. The summed E-state index contributed by atoms with van der Waals surface area (Å²) in [5.41, 5.74) is 3.53. The zero-order valence-electron chi connectivity index (χ0n) is 15.5. The molecule has 0 fully saturated rings. The number of carbonyl (C=O) groups is 1. The molecule has 0 unspecified atom stereocenters. The number of pyridine rings is 2. The Labute approximate surface area is 177 Å². The molecule has 0 bridgehead atoms. The first kappa shape index (κ1) is 19.3. The van der Waals surface area contributed by atoms with Crippen LogP contribution in [0.3, 0.4) is 0 Å². The molecule has 0 aliphatic rings. The minimum Gasteiger partial charge on any atom is -0.326 e. The Balaban J connectivity index is 1.30. The number of carbonyl (C=O) groups excluding carboxylic acids is 1. The van der Waals surface area contributed by atoms with Crippen molar-refractivity contribution in [1.29, 1.82) is 0 Å². The van der Waals surface area contributed by atoms with Gasteiger partial charge in [0.2, 0.25) is 5.91 Å². The Bertz CT molecular complexity index is 1070. The van der Waals surface area contributed by atoms with Crippen molar-refractivity contribution in [3.63, 3.8) is 0 Å². The standard InChI is InChI=1S/C22H18N4OS2/c27-21(12-18-15-29-22(26-18)20-5-1-2-11-24-20)25-17-6-8-19(9-7-17)28-14-16-4-3-10-23-13-16/h1-11,13,15H,12,14H2,(H,25,27). The van der Waals surface area contributed by atoms with Crippen LogP contribution in [-0.2, 0) is 17.0 Å². The number of anilines is 1. The molecule has 1 N–H and O–H groups in total. The van der Waals surface area contributed by atoms with Crippen LogP contribution in [0.25, 0.3) is 10.7 Å². The molecule has 1 amide bonds. The molecule has 144 valence electrons. The largest absolute Gasteiger partial charge is 0.326 e. The monoisotopic (exact) mass is 418 g/mol. The van der Waals surface area contributed by atoms with Gasteiger partial charge in [0.25, 0.3) is 0 Å². The van der Waals surface area contributed by atoms with E-state index in [1.165, 1.54) is 16.9 Å². The summed E-state index contributed by atoms with van der Waals surface area (Å²) in [5.74, 6) is 0.778. The molecule has 0 saturated heterocycles. The molecule has 5 nitrogen and oxygen atoms in total. The lowest BCUT2D eigenvalue weighted by Crippen LogP contribution is -2.14. The summed E-state index contributed by atoms with van der Waals surface area (Å²) in [4.78, 5) is 26.4. The van der Waals surface area contributed by atoms with Gasteiger partial charge in [0, 0.05) is 40.3 Å². The highest BCUT2D eigenvalue weighted by atomic mass is 32.2. The van der Waals surface area contributed by atoms with Gasteiger partial charge in [-0.2, -0.15) is 0 Å². The van der Waals surface area contributed by atoms with E-state index in [0.29, 0.717) is 0 Å². The number of nitrogens with zero attached hydrogens (tertiary/aromatic N) is 3. The maximum Gasteiger partial charge on any atom is 0.230 e. The highest BCUT2D eigenvalue weighted by Crippen LogP contribution is 2.24. The van der Waals surface area contributed by atoms with E-state index in [1.54, 1.807) is 24.2 Å². The fourth-order valence-corrected chi connectivity index (χ4v) is 4.28. The molecule has 0 atom stereocenters. The number of amides is 1. The smallest absolute Gasteiger partial charge is 0.230 e. The molecule has 0 aliphatic carbocycles. The summed E-state index contributed by atoms with van der Waals surface area (Å²) >= 11 is 3.23. The van der Waals surface area contributed by atoms with Gasteiger partial charge in [-0.15, -0.1) is 23.1 Å². The van der Waals surface area contributed by atoms with E-state index in [4.69, 9.17) is 0 Å². The van der Waals surface area contributed by atoms with Gasteiger partial charge >= 0.3 is 0 Å². The maximum atomic E-state index is 12.3. The van der Waals surface area contributed by atoms with Crippen molar-refractivity contribution >= 4 is 34.7 Å². The fraction of sp³-hybridized carbons (Fsp3) is 0.0909. The number of hydrogen-bond donors (Lipinski definition) is 1. The fourth-order valence-electron chi connectivity index (χ4n) is 2.65. The first-order valence-corrected chi connectivity index (χ1v) is 10.9. The van der Waals surface area contributed by atoms with E-state index < -0.39 is 0 Å². The summed E-state index contributed by atoms with van der Waals surface area (Å²) in [6.07, 6.45) is 5.62. The summed E-state index contributed by atoms with van der Waals surface area (Å²) < 4.78 is 0. The molecule has 4 rings (SSSR count). The topological polar surface area (TPSA) is 67.8 Å². The lowest BCUT2D eigenvalue weighted by atomic mass is 10.3. The summed E-state index contributed by atoms with van der Waals surface area (Å²) in [7, 11) is 0. The van der Waals surface area contributed by atoms with Crippen molar-refractivity contribution in [3.8, 4) is 10.7 Å². The van der Waals surface area contributed by atoms with Gasteiger partial charge in [-0.25, -0.2) is 4.98 Å². The van der Waals surface area contributed by atoms with Gasteiger partial charge < -0.3 is 5.32 Å². The summed E-state index contributed by atoms with van der Waals surface area (Å²) in [6.45, 7) is 0. The van der Waals surface area contributed by atoms with Crippen LogP contribution >= 0.6 is 23.1 Å². The van der Waals surface area contributed by atoms with Crippen molar-refractivity contribution in [2.45, 2.75) is 17.1 Å². The molecule has 0 saturated carbocycles. The van der Waals surface area contributed by atoms with E-state index in [0.717, 1.165) is 32.7 Å². The van der Waals surface area contributed by atoms with E-state index >= 15 is 0 Å². The van der Waals surface area contributed by atoms with Gasteiger partial charge in [0.05, 0.1) is 17.8 Å². The number of hydrogen-bond acceptors (Lipinski definition) is 6. The molecule has 0 aliphatic heterocycles. The van der Waals surface area contributed by atoms with Crippen LogP contribution in [0.4, 0.5) is 5.69 Å². The average Bonchev–Trinajstić information content (AvgIpc) is 3.23. The lowest BCUT2D eigenvalue weighted by Gasteiger charge is -2.06. The third kappa shape index (κ3) is 5.49. The number of benzene rings is 1. The Morgan fingerprint density at radius 3 is 2.69 bits per heavy atom. The maximum absolute atomic E-state index is 12.3. The molecule has 4 aromatic rings. The van der Waals surface area contributed by atoms with E-state index in [-0.39, 0.29) is 12.3 Å². The Kier molecular flexibility index (Phi) is 6.29. The van der Waals surface area contributed by atoms with Crippen LogP contribution in [0.15, 0.2) is 83.5 Å². The summed E-state index contributed by atoms with van der Waals surface area (Å²) in [6, 6.07) is 17.6. The van der Waals surface area contributed by atoms with Crippen LogP contribution in [0.5, 0.6) is 0 Å². The first-order chi connectivity index (χ1) is 14.3. The van der Waals surface area contributed by atoms with Crippen molar-refractivity contribution < 1.29 is 4.79 Å². The third-order valence-corrected chi connectivity index (χ3v) is 6.04. The second-order valence-corrected chi connectivity index (χ2v) is 8.17. The van der Waals surface area contributed by atoms with Crippen molar-refractivity contribution in [2.24, 2.45) is 0 Å². The highest BCUT2D eigenvalue weighted by molar-refractivity contribution is 7.98. The molecule has 29 heavy (non-hydrogen) atoms. The van der Waals surface area contributed by atoms with Gasteiger partial charge in [-0.3, -0.25) is 14.8 Å². The second kappa shape index (κ2) is 9.45. The zero-order chi connectivity index (χ0) is 19.9. The van der Waals surface area contributed by atoms with Gasteiger partial charge in [0.15, 0.2) is 0 Å². The Hall–Kier alpha value is -3.03. The second-order valence-electron chi connectivity index (χ2n) is 6.26. The van der Waals surface area contributed by atoms with Crippen molar-refractivity contribution in [2.75, 3.05) is 5.32 Å². The predicted octanol–water partition coefficient (Wildman–Crippen LogP) is 5.07. The van der Waals surface area contributed by atoms with Gasteiger partial charge in [0.1, 0.15) is 5.01 Å². The highest BCUT2D eigenvalue weighted by Gasteiger charge is 2.10. The first-order valence-electron chi connectivity index (χ1n) is 9.04. The number of nitrogens with one attached hydrogen (secondary N) is 1. The molecule has 0 spiro atoms. The van der Waals surface area contributed by atoms with E-state index in [1.807, 2.05) is 60.1 Å². The molecule has 3 heterocycles. The molecular formula is C22H18N4OS2. The zero-order valence-corrected chi connectivity index (χ0v) is 17.1. The van der Waals surface area contributed by atoms with Crippen molar-refractivity contribution in [1.82, 2.24) is 15.0 Å². The van der Waals surface area contributed by atoms with E-state index in [9.17, 15) is 4.79 Å². The van der Waals surface area contributed by atoms with Gasteiger partial charge in [-0.1, -0.05) is 12.1 Å². The predicted molar refractivity (Wildman–Crippen MR) is 118 cm³/mol. The minimum atomic E-state index is -0.0846. The number of rotatable bonds is 7. The molecule has 0 radical (unpaired) electrons. The molecule has 3 aromatic heterocycles. The average molecular weight is 419 g/mol. The molecular weight excluding hydrogens is 400 g/mol. The van der Waals surface area contributed by atoms with Crippen LogP contribution in [0, 0.1) is 0 Å².